The van der Waals surface area contributed by atoms with Crippen molar-refractivity contribution in [2.45, 2.75) is 13.3 Å². The fraction of sp³-hybridized carbons (Fsp3) is 0.143. The topological polar surface area (TPSA) is 52.8 Å². The molecule has 34 heavy (non-hydrogen) atoms. The van der Waals surface area contributed by atoms with Gasteiger partial charge >= 0.3 is 0 Å². The van der Waals surface area contributed by atoms with Crippen LogP contribution in [0, 0.1) is 6.92 Å². The number of hydrogen-bond acceptors (Lipinski definition) is 5. The number of rotatable bonds is 8. The van der Waals surface area contributed by atoms with E-state index in [4.69, 9.17) is 9.47 Å². The Labute approximate surface area is 201 Å². The lowest BCUT2D eigenvalue weighted by Crippen LogP contribution is -2.22. The van der Waals surface area contributed by atoms with Crippen molar-refractivity contribution >= 4 is 33.4 Å². The average molecular weight is 469 g/mol. The second-order valence-electron chi connectivity index (χ2n) is 7.97. The molecule has 3 aromatic carbocycles. The molecular formula is C28H24N2O3S. The van der Waals surface area contributed by atoms with Gasteiger partial charge in [0.15, 0.2) is 4.96 Å². The predicted octanol–water partition coefficient (Wildman–Crippen LogP) is 4.95. The number of hydrogen-bond donors (Lipinski definition) is 0. The summed E-state index contributed by atoms with van der Waals surface area (Å²) in [6, 6.07) is 21.6. The van der Waals surface area contributed by atoms with Crippen molar-refractivity contribution in [3.63, 3.8) is 0 Å². The standard InChI is InChI=1S/C28H24N2O3S/c1-3-8-20-9-4-7-12-24(20)32-15-16-33-25-14-13-19(2)17-21(25)18-26-27(31)30-23-11-6-5-10-22(23)29-28(30)34-26/h3-7,9-14,17-18H,1,8,15-16H2,2H3. The van der Waals surface area contributed by atoms with E-state index in [9.17, 15) is 4.79 Å². The summed E-state index contributed by atoms with van der Waals surface area (Å²) in [5.41, 5.74) is 4.63. The number of fused-ring (bicyclic) bond motifs is 3. The Balaban J connectivity index is 1.39. The first kappa shape index (κ1) is 21.9. The lowest BCUT2D eigenvalue weighted by Gasteiger charge is -2.13. The molecule has 0 saturated heterocycles. The summed E-state index contributed by atoms with van der Waals surface area (Å²) in [6.07, 6.45) is 4.51. The molecule has 5 rings (SSSR count). The fourth-order valence-electron chi connectivity index (χ4n) is 3.94. The molecule has 2 heterocycles. The maximum Gasteiger partial charge on any atom is 0.274 e. The summed E-state index contributed by atoms with van der Waals surface area (Å²) in [5, 5.41) is 0. The monoisotopic (exact) mass is 468 g/mol. The number of para-hydroxylation sites is 3. The zero-order valence-electron chi connectivity index (χ0n) is 18.9. The number of nitrogens with zero attached hydrogens (tertiary/aromatic N) is 2. The van der Waals surface area contributed by atoms with Gasteiger partial charge in [-0.1, -0.05) is 59.4 Å². The van der Waals surface area contributed by atoms with Crippen LogP contribution in [0.25, 0.3) is 22.1 Å². The van der Waals surface area contributed by atoms with Crippen LogP contribution >= 0.6 is 11.3 Å². The number of ether oxygens (including phenoxy) is 2. The smallest absolute Gasteiger partial charge is 0.274 e. The summed E-state index contributed by atoms with van der Waals surface area (Å²) in [4.78, 5) is 18.4. The minimum atomic E-state index is -0.0664. The second kappa shape index (κ2) is 9.53. The molecule has 170 valence electrons. The normalized spacial score (nSPS) is 11.9. The molecule has 0 fully saturated rings. The van der Waals surface area contributed by atoms with Gasteiger partial charge in [0.1, 0.15) is 24.7 Å². The molecular weight excluding hydrogens is 444 g/mol. The Morgan fingerprint density at radius 2 is 1.76 bits per heavy atom. The van der Waals surface area contributed by atoms with E-state index in [0.717, 1.165) is 39.9 Å². The van der Waals surface area contributed by atoms with Gasteiger partial charge in [0, 0.05) is 5.56 Å². The molecule has 2 aromatic heterocycles. The SMILES string of the molecule is C=CCc1ccccc1OCCOc1ccc(C)cc1C=c1sc2nc3ccccc3n2c1=O. The number of aryl methyl sites for hydroxylation is 1. The van der Waals surface area contributed by atoms with Gasteiger partial charge in [-0.2, -0.15) is 0 Å². The first-order valence-corrected chi connectivity index (χ1v) is 11.9. The lowest BCUT2D eigenvalue weighted by molar-refractivity contribution is 0.216. The lowest BCUT2D eigenvalue weighted by atomic mass is 10.1. The van der Waals surface area contributed by atoms with E-state index < -0.39 is 0 Å². The molecule has 6 heteroatoms. The molecule has 0 saturated carbocycles. The molecule has 0 N–H and O–H groups in total. The van der Waals surface area contributed by atoms with Crippen molar-refractivity contribution in [2.75, 3.05) is 13.2 Å². The molecule has 0 unspecified atom stereocenters. The summed E-state index contributed by atoms with van der Waals surface area (Å²) >= 11 is 1.39. The highest BCUT2D eigenvalue weighted by Gasteiger charge is 2.11. The highest BCUT2D eigenvalue weighted by atomic mass is 32.1. The van der Waals surface area contributed by atoms with Crippen LogP contribution in [0.3, 0.4) is 0 Å². The van der Waals surface area contributed by atoms with Crippen LogP contribution in [0.5, 0.6) is 11.5 Å². The van der Waals surface area contributed by atoms with E-state index in [-0.39, 0.29) is 5.56 Å². The van der Waals surface area contributed by atoms with Crippen molar-refractivity contribution in [3.8, 4) is 11.5 Å². The summed E-state index contributed by atoms with van der Waals surface area (Å²) in [6.45, 7) is 6.62. The maximum absolute atomic E-state index is 13.1. The van der Waals surface area contributed by atoms with Crippen LogP contribution in [-0.2, 0) is 6.42 Å². The average Bonchev–Trinajstić information content (AvgIpc) is 3.35. The van der Waals surface area contributed by atoms with E-state index in [0.29, 0.717) is 28.5 Å². The second-order valence-corrected chi connectivity index (χ2v) is 8.98. The zero-order chi connectivity index (χ0) is 23.5. The zero-order valence-corrected chi connectivity index (χ0v) is 19.7. The van der Waals surface area contributed by atoms with Crippen molar-refractivity contribution in [3.05, 3.63) is 111 Å². The molecule has 0 aliphatic heterocycles. The summed E-state index contributed by atoms with van der Waals surface area (Å²) in [7, 11) is 0. The quantitative estimate of drug-likeness (QED) is 0.239. The van der Waals surface area contributed by atoms with Crippen LogP contribution in [0.15, 0.2) is 84.2 Å². The number of benzene rings is 3. The van der Waals surface area contributed by atoms with E-state index >= 15 is 0 Å². The Morgan fingerprint density at radius 1 is 1.00 bits per heavy atom. The Bertz CT molecular complexity index is 1600. The van der Waals surface area contributed by atoms with Gasteiger partial charge in [-0.15, -0.1) is 6.58 Å². The molecule has 5 nitrogen and oxygen atoms in total. The molecule has 0 radical (unpaired) electrons. The molecule has 0 aliphatic rings. The van der Waals surface area contributed by atoms with Gasteiger partial charge in [0.05, 0.1) is 15.6 Å². The first-order valence-electron chi connectivity index (χ1n) is 11.1. The molecule has 0 bridgehead atoms. The van der Waals surface area contributed by atoms with Crippen LogP contribution in [-0.4, -0.2) is 22.6 Å². The van der Waals surface area contributed by atoms with Crippen LogP contribution in [0.2, 0.25) is 0 Å². The van der Waals surface area contributed by atoms with Gasteiger partial charge in [0.25, 0.3) is 5.56 Å². The van der Waals surface area contributed by atoms with Crippen molar-refractivity contribution in [2.24, 2.45) is 0 Å². The third kappa shape index (κ3) is 4.32. The van der Waals surface area contributed by atoms with Crippen molar-refractivity contribution < 1.29 is 9.47 Å². The third-order valence-electron chi connectivity index (χ3n) is 5.53. The molecule has 5 aromatic rings. The molecule has 0 spiro atoms. The van der Waals surface area contributed by atoms with E-state index in [1.165, 1.54) is 11.3 Å². The largest absolute Gasteiger partial charge is 0.490 e. The number of thiazole rings is 1. The highest BCUT2D eigenvalue weighted by molar-refractivity contribution is 7.15. The van der Waals surface area contributed by atoms with E-state index in [1.54, 1.807) is 4.40 Å². The van der Waals surface area contributed by atoms with E-state index in [1.807, 2.05) is 85.8 Å². The Morgan fingerprint density at radius 3 is 2.62 bits per heavy atom. The number of allylic oxidation sites excluding steroid dienone is 1. The molecule has 0 amide bonds. The van der Waals surface area contributed by atoms with Gasteiger partial charge in [0.2, 0.25) is 0 Å². The van der Waals surface area contributed by atoms with Crippen molar-refractivity contribution in [1.29, 1.82) is 0 Å². The predicted molar refractivity (Wildman–Crippen MR) is 138 cm³/mol. The van der Waals surface area contributed by atoms with Crippen LogP contribution in [0.4, 0.5) is 0 Å². The highest BCUT2D eigenvalue weighted by Crippen LogP contribution is 2.23. The summed E-state index contributed by atoms with van der Waals surface area (Å²) < 4.78 is 14.3. The van der Waals surface area contributed by atoms with Crippen molar-refractivity contribution in [1.82, 2.24) is 9.38 Å². The number of imidazole rings is 1. The summed E-state index contributed by atoms with van der Waals surface area (Å²) in [5.74, 6) is 1.55. The third-order valence-corrected chi connectivity index (χ3v) is 6.50. The Hall–Kier alpha value is -3.90. The first-order chi connectivity index (χ1) is 16.6. The van der Waals surface area contributed by atoms with Gasteiger partial charge in [-0.05, 0) is 55.3 Å². The van der Waals surface area contributed by atoms with Crippen LogP contribution < -0.4 is 19.6 Å². The molecule has 0 atom stereocenters. The fourth-order valence-corrected chi connectivity index (χ4v) is 4.92. The minimum absolute atomic E-state index is 0.0664. The minimum Gasteiger partial charge on any atom is -0.490 e. The van der Waals surface area contributed by atoms with E-state index in [2.05, 4.69) is 11.6 Å². The van der Waals surface area contributed by atoms with Gasteiger partial charge in [-0.3, -0.25) is 4.79 Å². The van der Waals surface area contributed by atoms with Gasteiger partial charge < -0.3 is 9.47 Å². The number of aromatic nitrogens is 2. The van der Waals surface area contributed by atoms with Crippen LogP contribution in [0.1, 0.15) is 16.7 Å². The molecule has 0 aliphatic carbocycles. The Kier molecular flexibility index (Phi) is 6.14. The van der Waals surface area contributed by atoms with Gasteiger partial charge in [-0.25, -0.2) is 9.38 Å². The maximum atomic E-state index is 13.1.